The summed E-state index contributed by atoms with van der Waals surface area (Å²) in [6.07, 6.45) is 37.7. The minimum absolute atomic E-state index is 0. The van der Waals surface area contributed by atoms with Crippen molar-refractivity contribution in [3.05, 3.63) is 93.2 Å². The molecule has 0 bridgehead atoms. The second-order valence-corrected chi connectivity index (χ2v) is 32.9. The van der Waals surface area contributed by atoms with E-state index in [1.165, 1.54) is 96.0 Å². The number of rotatable bonds is 12. The molecule has 0 aromatic heterocycles. The standard InChI is InChI=1S/4C11H17.2C2H6Si.2ClH.2Zr/c4*1-4-9-7-10(5-2)11(6-3)8-9;2*1-3-2;;;;/h4*7,9H,4-6H2,1-3H3;2*1-2H3;2*1H;;/q4*-1;;;;;2*+2/p-2. The Kier molecular flexibility index (Phi) is 43.1. The first-order valence-electron chi connectivity index (χ1n) is 21.1. The molecule has 0 aromatic carbocycles. The third-order valence-corrected chi connectivity index (χ3v) is 9.30. The van der Waals surface area contributed by atoms with Crippen LogP contribution in [0.5, 0.6) is 0 Å². The van der Waals surface area contributed by atoms with Crippen molar-refractivity contribution < 1.29 is 71.5 Å². The van der Waals surface area contributed by atoms with Crippen LogP contribution in [0.4, 0.5) is 0 Å². The number of allylic oxidation sites excluding steroid dienone is 16. The zero-order chi connectivity index (χ0) is 40.2. The number of hydrogen-bond donors (Lipinski definition) is 0. The third kappa shape index (κ3) is 26.7. The fraction of sp³-hybridized carbons (Fsp3) is 0.667. The molecule has 0 amide bonds. The third-order valence-electron chi connectivity index (χ3n) is 9.30. The summed E-state index contributed by atoms with van der Waals surface area (Å²) in [5.74, 6) is 2.44. The van der Waals surface area contributed by atoms with Crippen molar-refractivity contribution in [2.75, 3.05) is 0 Å². The smallest absolute Gasteiger partial charge is 1.00 e. The quantitative estimate of drug-likeness (QED) is 0.135. The van der Waals surface area contributed by atoms with Crippen LogP contribution in [0.1, 0.15) is 160 Å². The average Bonchev–Trinajstić information content (AvgIpc) is 3.94. The van der Waals surface area contributed by atoms with E-state index in [4.69, 9.17) is 0 Å². The van der Waals surface area contributed by atoms with Crippen LogP contribution in [0.3, 0.4) is 0 Å². The van der Waals surface area contributed by atoms with E-state index in [0.29, 0.717) is 23.7 Å². The Morgan fingerprint density at radius 3 is 0.593 bits per heavy atom. The Morgan fingerprint density at radius 1 is 0.370 bits per heavy atom. The second-order valence-electron chi connectivity index (χ2n) is 14.1. The van der Waals surface area contributed by atoms with Crippen LogP contribution in [0.2, 0.25) is 26.2 Å². The molecule has 0 aromatic rings. The molecule has 4 aliphatic rings. The summed E-state index contributed by atoms with van der Waals surface area (Å²) in [4.78, 5) is 0. The van der Waals surface area contributed by atoms with Crippen LogP contribution >= 0.6 is 0 Å². The molecule has 0 spiro atoms. The molecule has 4 atom stereocenters. The molecule has 54 heavy (non-hydrogen) atoms. The molecule has 0 radical (unpaired) electrons. The van der Waals surface area contributed by atoms with Crippen molar-refractivity contribution >= 4 is 10.9 Å². The Bertz CT molecular complexity index is 1030. The van der Waals surface area contributed by atoms with E-state index >= 15 is 0 Å². The van der Waals surface area contributed by atoms with E-state index in [1.54, 1.807) is 46.7 Å². The molecule has 0 saturated carbocycles. The van der Waals surface area contributed by atoms with E-state index in [9.17, 15) is 0 Å². The SMILES string of the molecule is CCC1=[C-]C(CC)C=C1CC.CCC1=[C-]C(CC)C=C1CC.CCC1=[C-]C(CC)C=C1CC.CCC1=[C-]C(CC)C=C1CC.C[Si](C)=[Zr+2].C[Si](C)=[Zr+2].[Cl-].[Cl-]. The second kappa shape index (κ2) is 37.9. The van der Waals surface area contributed by atoms with Crippen molar-refractivity contribution in [2.45, 2.75) is 186 Å². The molecule has 4 unspecified atom stereocenters. The van der Waals surface area contributed by atoms with Crippen LogP contribution in [0.15, 0.2) is 68.9 Å². The van der Waals surface area contributed by atoms with E-state index in [-0.39, 0.29) is 35.7 Å². The fourth-order valence-electron chi connectivity index (χ4n) is 6.33. The first kappa shape index (κ1) is 61.4. The van der Waals surface area contributed by atoms with Gasteiger partial charge in [-0.3, -0.25) is 24.3 Å². The molecule has 4 rings (SSSR count). The van der Waals surface area contributed by atoms with E-state index < -0.39 is 0 Å². The Morgan fingerprint density at radius 2 is 0.519 bits per heavy atom. The Hall–Kier alpha value is 0.700. The largest absolute Gasteiger partial charge is 1.00 e. The molecule has 0 saturated heterocycles. The van der Waals surface area contributed by atoms with E-state index in [2.05, 4.69) is 158 Å². The summed E-state index contributed by atoms with van der Waals surface area (Å²) >= 11 is 3.48. The van der Waals surface area contributed by atoms with Gasteiger partial charge in [0.25, 0.3) is 0 Å². The van der Waals surface area contributed by atoms with Gasteiger partial charge in [-0.1, -0.05) is 184 Å². The predicted octanol–water partition coefficient (Wildman–Crippen LogP) is 9.59. The first-order chi connectivity index (χ1) is 24.7. The summed E-state index contributed by atoms with van der Waals surface area (Å²) in [6, 6.07) is 0. The molecule has 4 aliphatic carbocycles. The van der Waals surface area contributed by atoms with Gasteiger partial charge in [-0.15, -0.1) is 0 Å². The van der Waals surface area contributed by atoms with Gasteiger partial charge in [-0.2, -0.15) is 46.6 Å². The van der Waals surface area contributed by atoms with Gasteiger partial charge in [-0.05, 0) is 0 Å². The average molecular weight is 967 g/mol. The summed E-state index contributed by atoms with van der Waals surface area (Å²) in [7, 11) is 0. The molecular formula is C48H80Cl2Si2Zr2-2. The molecular weight excluding hydrogens is 886 g/mol. The van der Waals surface area contributed by atoms with Crippen molar-refractivity contribution in [1.29, 1.82) is 0 Å². The van der Waals surface area contributed by atoms with Gasteiger partial charge in [0.2, 0.25) is 0 Å². The molecule has 0 N–H and O–H groups in total. The van der Waals surface area contributed by atoms with Crippen molar-refractivity contribution in [3.8, 4) is 0 Å². The Balaban J connectivity index is -0.000000286. The van der Waals surface area contributed by atoms with Crippen molar-refractivity contribution in [1.82, 2.24) is 0 Å². The van der Waals surface area contributed by atoms with Gasteiger partial charge < -0.3 is 24.8 Å². The van der Waals surface area contributed by atoms with Crippen molar-refractivity contribution in [2.24, 2.45) is 23.7 Å². The summed E-state index contributed by atoms with van der Waals surface area (Å²) in [5, 5.41) is 0. The Labute approximate surface area is 381 Å². The van der Waals surface area contributed by atoms with Gasteiger partial charge >= 0.3 is 83.7 Å². The zero-order valence-electron chi connectivity index (χ0n) is 37.9. The molecule has 304 valence electrons. The predicted molar refractivity (Wildman–Crippen MR) is 232 cm³/mol. The van der Waals surface area contributed by atoms with Gasteiger partial charge in [0.1, 0.15) is 0 Å². The van der Waals surface area contributed by atoms with Gasteiger partial charge in [0.15, 0.2) is 0 Å². The maximum atomic E-state index is 3.52. The van der Waals surface area contributed by atoms with Gasteiger partial charge in [0.05, 0.1) is 0 Å². The van der Waals surface area contributed by atoms with Gasteiger partial charge in [0, 0.05) is 0 Å². The molecule has 6 heteroatoms. The normalized spacial score (nSPS) is 20.1. The van der Waals surface area contributed by atoms with Crippen LogP contribution in [0, 0.1) is 48.0 Å². The molecule has 0 nitrogen and oxygen atoms in total. The molecule has 0 heterocycles. The van der Waals surface area contributed by atoms with E-state index in [1.807, 2.05) is 0 Å². The minimum Gasteiger partial charge on any atom is -1.00 e. The van der Waals surface area contributed by atoms with Crippen LogP contribution < -0.4 is 24.8 Å². The van der Waals surface area contributed by atoms with E-state index in [0.717, 1.165) is 25.7 Å². The van der Waals surface area contributed by atoms with Crippen molar-refractivity contribution in [3.63, 3.8) is 0 Å². The van der Waals surface area contributed by atoms with Crippen LogP contribution in [-0.4, -0.2) is 10.9 Å². The summed E-state index contributed by atoms with van der Waals surface area (Å²) in [6.45, 7) is 35.9. The zero-order valence-corrected chi connectivity index (χ0v) is 46.3. The van der Waals surface area contributed by atoms with Gasteiger partial charge in [-0.25, -0.2) is 22.3 Å². The van der Waals surface area contributed by atoms with Crippen LogP contribution in [-0.2, 0) is 46.7 Å². The number of hydrogen-bond acceptors (Lipinski definition) is 0. The molecule has 0 fully saturated rings. The maximum Gasteiger partial charge on any atom is -1.00 e. The minimum atomic E-state index is 0. The first-order valence-corrected chi connectivity index (χ1v) is 33.5. The number of halogens is 2. The van der Waals surface area contributed by atoms with Crippen LogP contribution in [0.25, 0.3) is 0 Å². The molecule has 0 aliphatic heterocycles. The maximum absolute atomic E-state index is 3.52. The fourth-order valence-corrected chi connectivity index (χ4v) is 6.33. The topological polar surface area (TPSA) is 0 Å². The summed E-state index contributed by atoms with van der Waals surface area (Å²) < 4.78 is 0. The summed E-state index contributed by atoms with van der Waals surface area (Å²) in [5.41, 5.74) is 12.4. The monoisotopic (exact) mass is 962 g/mol.